The number of nitrogens with one attached hydrogen (secondary N) is 1. The molecular weight excluding hydrogens is 378 g/mol. The molecule has 0 fully saturated rings. The third-order valence-corrected chi connectivity index (χ3v) is 4.35. The van der Waals surface area contributed by atoms with Crippen molar-refractivity contribution in [2.45, 2.75) is 31.4 Å². The van der Waals surface area contributed by atoms with Crippen molar-refractivity contribution in [2.75, 3.05) is 6.54 Å². The molecule has 0 aromatic heterocycles. The molecular formula is C20H19F4NO3. The predicted octanol–water partition coefficient (Wildman–Crippen LogP) is 4.32. The molecule has 2 rings (SSSR count). The summed E-state index contributed by atoms with van der Waals surface area (Å²) < 4.78 is 51.4. The van der Waals surface area contributed by atoms with E-state index in [0.29, 0.717) is 11.1 Å². The Balaban J connectivity index is 1.99. The van der Waals surface area contributed by atoms with E-state index in [1.54, 1.807) is 6.92 Å². The number of hydrogen-bond acceptors (Lipinski definition) is 2. The van der Waals surface area contributed by atoms with E-state index in [1.165, 1.54) is 24.3 Å². The van der Waals surface area contributed by atoms with Gasteiger partial charge in [-0.25, -0.2) is 4.39 Å². The molecule has 0 spiro atoms. The number of rotatable bonds is 7. The van der Waals surface area contributed by atoms with Crippen LogP contribution in [-0.2, 0) is 15.8 Å². The third kappa shape index (κ3) is 5.80. The molecule has 0 saturated heterocycles. The number of carbonyl (C=O) groups is 2. The molecule has 0 heterocycles. The van der Waals surface area contributed by atoms with Crippen LogP contribution in [0, 0.1) is 5.82 Å². The highest BCUT2D eigenvalue weighted by atomic mass is 19.4. The van der Waals surface area contributed by atoms with E-state index >= 15 is 0 Å². The number of hydrogen-bond donors (Lipinski definition) is 2. The lowest BCUT2D eigenvalue weighted by Crippen LogP contribution is -2.32. The van der Waals surface area contributed by atoms with Crippen molar-refractivity contribution in [1.29, 1.82) is 0 Å². The van der Waals surface area contributed by atoms with Gasteiger partial charge in [-0.15, -0.1) is 0 Å². The van der Waals surface area contributed by atoms with Crippen LogP contribution >= 0.6 is 0 Å². The van der Waals surface area contributed by atoms with Crippen LogP contribution in [-0.4, -0.2) is 23.5 Å². The van der Waals surface area contributed by atoms with Crippen LogP contribution in [0.2, 0.25) is 0 Å². The van der Waals surface area contributed by atoms with Crippen LogP contribution in [0.25, 0.3) is 0 Å². The Morgan fingerprint density at radius 3 is 2.29 bits per heavy atom. The van der Waals surface area contributed by atoms with Crippen molar-refractivity contribution in [3.63, 3.8) is 0 Å². The predicted molar refractivity (Wildman–Crippen MR) is 94.3 cm³/mol. The van der Waals surface area contributed by atoms with E-state index in [0.717, 1.165) is 24.3 Å². The summed E-state index contributed by atoms with van der Waals surface area (Å²) in [5.74, 6) is -3.73. The van der Waals surface area contributed by atoms with Gasteiger partial charge in [0.25, 0.3) is 0 Å². The minimum absolute atomic E-state index is 0.100. The smallest absolute Gasteiger partial charge is 0.416 e. The summed E-state index contributed by atoms with van der Waals surface area (Å²) in [6.45, 7) is 1.40. The standard InChI is InChI=1S/C20H19F4NO3/c1-12(14-3-2-4-15(10-14)20(22,23)24)9-18(26)25-11-17(19(27)28)13-5-7-16(21)8-6-13/h2-8,10,12,17H,9,11H2,1H3,(H,25,26)(H,27,28). The van der Waals surface area contributed by atoms with Crippen LogP contribution in [0.3, 0.4) is 0 Å². The fourth-order valence-electron chi connectivity index (χ4n) is 2.75. The van der Waals surface area contributed by atoms with Crippen molar-refractivity contribution >= 4 is 11.9 Å². The number of carboxylic acid groups (broad SMARTS) is 1. The van der Waals surface area contributed by atoms with Gasteiger partial charge in [-0.3, -0.25) is 9.59 Å². The van der Waals surface area contributed by atoms with E-state index in [4.69, 9.17) is 0 Å². The first-order valence-corrected chi connectivity index (χ1v) is 8.50. The first-order valence-electron chi connectivity index (χ1n) is 8.50. The summed E-state index contributed by atoms with van der Waals surface area (Å²) in [7, 11) is 0. The van der Waals surface area contributed by atoms with Gasteiger partial charge >= 0.3 is 12.1 Å². The maximum atomic E-state index is 13.0. The lowest BCUT2D eigenvalue weighted by molar-refractivity contribution is -0.139. The maximum absolute atomic E-state index is 13.0. The molecule has 0 aliphatic carbocycles. The van der Waals surface area contributed by atoms with Gasteiger partial charge in [0.1, 0.15) is 5.82 Å². The minimum atomic E-state index is -4.47. The van der Waals surface area contributed by atoms with Crippen molar-refractivity contribution in [2.24, 2.45) is 0 Å². The van der Waals surface area contributed by atoms with Crippen LogP contribution < -0.4 is 5.32 Å². The van der Waals surface area contributed by atoms with Gasteiger partial charge in [-0.2, -0.15) is 13.2 Å². The van der Waals surface area contributed by atoms with Gasteiger partial charge in [0.15, 0.2) is 0 Å². The summed E-state index contributed by atoms with van der Waals surface area (Å²) in [6, 6.07) is 9.64. The van der Waals surface area contributed by atoms with E-state index in [9.17, 15) is 32.3 Å². The number of aliphatic carboxylic acids is 1. The third-order valence-electron chi connectivity index (χ3n) is 4.35. The second kappa shape index (κ2) is 8.86. The van der Waals surface area contributed by atoms with E-state index in [-0.39, 0.29) is 13.0 Å². The topological polar surface area (TPSA) is 66.4 Å². The average molecular weight is 397 g/mol. The number of carbonyl (C=O) groups excluding carboxylic acids is 1. The zero-order chi connectivity index (χ0) is 20.9. The summed E-state index contributed by atoms with van der Waals surface area (Å²) in [5, 5.41) is 11.8. The Labute approximate surface area is 159 Å². The molecule has 8 heteroatoms. The number of halogens is 4. The summed E-state index contributed by atoms with van der Waals surface area (Å²) in [5.41, 5.74) is -0.0991. The number of alkyl halides is 3. The van der Waals surface area contributed by atoms with Gasteiger partial charge in [0.2, 0.25) is 5.91 Å². The molecule has 0 aliphatic heterocycles. The zero-order valence-electron chi connectivity index (χ0n) is 15.0. The van der Waals surface area contributed by atoms with Gasteiger partial charge in [0, 0.05) is 13.0 Å². The average Bonchev–Trinajstić information content (AvgIpc) is 2.62. The van der Waals surface area contributed by atoms with Crippen LogP contribution in [0.15, 0.2) is 48.5 Å². The van der Waals surface area contributed by atoms with E-state index in [1.807, 2.05) is 0 Å². The van der Waals surface area contributed by atoms with Crippen LogP contribution in [0.5, 0.6) is 0 Å². The summed E-state index contributed by atoms with van der Waals surface area (Å²) in [4.78, 5) is 23.6. The van der Waals surface area contributed by atoms with Crippen molar-refractivity contribution in [1.82, 2.24) is 5.32 Å². The molecule has 0 saturated carbocycles. The first-order chi connectivity index (χ1) is 13.1. The minimum Gasteiger partial charge on any atom is -0.481 e. The first kappa shape index (κ1) is 21.4. The van der Waals surface area contributed by atoms with Crippen molar-refractivity contribution in [3.05, 3.63) is 71.0 Å². The fraction of sp³-hybridized carbons (Fsp3) is 0.300. The van der Waals surface area contributed by atoms with Crippen LogP contribution in [0.4, 0.5) is 17.6 Å². The second-order valence-electron chi connectivity index (χ2n) is 6.47. The summed E-state index contributed by atoms with van der Waals surface area (Å²) in [6.07, 6.45) is -4.57. The van der Waals surface area contributed by atoms with Gasteiger partial charge in [0.05, 0.1) is 11.5 Å². The number of benzene rings is 2. The molecule has 2 atom stereocenters. The Morgan fingerprint density at radius 2 is 1.71 bits per heavy atom. The molecule has 1 amide bonds. The lowest BCUT2D eigenvalue weighted by atomic mass is 9.95. The highest BCUT2D eigenvalue weighted by Crippen LogP contribution is 2.31. The molecule has 4 nitrogen and oxygen atoms in total. The molecule has 150 valence electrons. The number of amides is 1. The molecule has 28 heavy (non-hydrogen) atoms. The summed E-state index contributed by atoms with van der Waals surface area (Å²) >= 11 is 0. The van der Waals surface area contributed by atoms with E-state index < -0.39 is 41.3 Å². The number of carboxylic acids is 1. The molecule has 0 radical (unpaired) electrons. The molecule has 2 aromatic rings. The SMILES string of the molecule is CC(CC(=O)NCC(C(=O)O)c1ccc(F)cc1)c1cccc(C(F)(F)F)c1. The normalized spacial score (nSPS) is 13.6. The Bertz CT molecular complexity index is 834. The van der Waals surface area contributed by atoms with Gasteiger partial charge in [-0.1, -0.05) is 37.3 Å². The Kier molecular flexibility index (Phi) is 6.77. The second-order valence-corrected chi connectivity index (χ2v) is 6.47. The fourth-order valence-corrected chi connectivity index (χ4v) is 2.75. The molecule has 2 N–H and O–H groups in total. The highest BCUT2D eigenvalue weighted by molar-refractivity contribution is 5.80. The quantitative estimate of drug-likeness (QED) is 0.684. The molecule has 0 bridgehead atoms. The molecule has 2 aromatic carbocycles. The van der Waals surface area contributed by atoms with Crippen molar-refractivity contribution in [3.8, 4) is 0 Å². The molecule has 0 aliphatic rings. The van der Waals surface area contributed by atoms with Crippen LogP contribution in [0.1, 0.15) is 41.9 Å². The largest absolute Gasteiger partial charge is 0.481 e. The maximum Gasteiger partial charge on any atom is 0.416 e. The Hall–Kier alpha value is -2.90. The monoisotopic (exact) mass is 397 g/mol. The van der Waals surface area contributed by atoms with Gasteiger partial charge in [-0.05, 0) is 35.2 Å². The lowest BCUT2D eigenvalue weighted by Gasteiger charge is -2.17. The Morgan fingerprint density at radius 1 is 1.07 bits per heavy atom. The highest BCUT2D eigenvalue weighted by Gasteiger charge is 2.31. The van der Waals surface area contributed by atoms with Gasteiger partial charge < -0.3 is 10.4 Å². The zero-order valence-corrected chi connectivity index (χ0v) is 15.0. The van der Waals surface area contributed by atoms with Crippen molar-refractivity contribution < 1.29 is 32.3 Å². The van der Waals surface area contributed by atoms with E-state index in [2.05, 4.69) is 5.32 Å². The molecule has 2 unspecified atom stereocenters.